The Labute approximate surface area is 369 Å². The summed E-state index contributed by atoms with van der Waals surface area (Å²) in [5, 5.41) is 22.8. The highest BCUT2D eigenvalue weighted by atomic mass is 16.7. The van der Waals surface area contributed by atoms with Gasteiger partial charge in [0.15, 0.2) is 6.17 Å². The first-order valence-electron chi connectivity index (χ1n) is 22.0. The number of hydrogen-bond donors (Lipinski definition) is 10. The van der Waals surface area contributed by atoms with Gasteiger partial charge in [0.2, 0.25) is 23.6 Å². The third kappa shape index (κ3) is 11.8. The van der Waals surface area contributed by atoms with E-state index < -0.39 is 91.0 Å². The van der Waals surface area contributed by atoms with Crippen LogP contribution in [0.2, 0.25) is 0 Å². The van der Waals surface area contributed by atoms with Crippen LogP contribution in [0.1, 0.15) is 102 Å². The van der Waals surface area contributed by atoms with Gasteiger partial charge in [-0.1, -0.05) is 63.6 Å². The quantitative estimate of drug-likeness (QED) is 0.0432. The number of unbranched alkanes of at least 4 members (excludes halogenated alkanes) is 2. The van der Waals surface area contributed by atoms with E-state index in [1.165, 1.54) is 12.5 Å². The van der Waals surface area contributed by atoms with E-state index in [0.717, 1.165) is 43.2 Å². The van der Waals surface area contributed by atoms with Gasteiger partial charge in [-0.25, -0.2) is 0 Å². The van der Waals surface area contributed by atoms with Crippen LogP contribution in [0.4, 0.5) is 0 Å². The number of hydrogen-bond acceptors (Lipinski definition) is 12. The molecular weight excluding hydrogens is 809 g/mol. The van der Waals surface area contributed by atoms with Crippen molar-refractivity contribution in [1.29, 1.82) is 0 Å². The van der Waals surface area contributed by atoms with Gasteiger partial charge in [-0.3, -0.25) is 28.8 Å². The van der Waals surface area contributed by atoms with E-state index in [1.807, 2.05) is 31.2 Å². The second kappa shape index (κ2) is 21.2. The molecule has 10 atom stereocenters. The van der Waals surface area contributed by atoms with E-state index in [0.29, 0.717) is 30.9 Å². The third-order valence-corrected chi connectivity index (χ3v) is 13.1. The zero-order chi connectivity index (χ0) is 46.2. The minimum absolute atomic E-state index is 0.0726. The average molecular weight is 876 g/mol. The molecule has 1 heterocycles. The van der Waals surface area contributed by atoms with Crippen molar-refractivity contribution in [2.45, 2.75) is 141 Å². The van der Waals surface area contributed by atoms with E-state index in [-0.39, 0.29) is 23.9 Å². The fourth-order valence-electron chi connectivity index (χ4n) is 9.09. The minimum atomic E-state index is -1.83. The largest absolute Gasteiger partial charge is 0.497 e. The van der Waals surface area contributed by atoms with Crippen molar-refractivity contribution in [3.8, 4) is 11.1 Å². The zero-order valence-corrected chi connectivity index (χ0v) is 37.0. The van der Waals surface area contributed by atoms with E-state index >= 15 is 0 Å². The highest BCUT2D eigenvalue weighted by molar-refractivity contribution is 6.47. The zero-order valence-electron chi connectivity index (χ0n) is 37.0. The lowest BCUT2D eigenvalue weighted by atomic mass is 9.43. The summed E-state index contributed by atoms with van der Waals surface area (Å²) in [7, 11) is -0.998. The monoisotopic (exact) mass is 876 g/mol. The van der Waals surface area contributed by atoms with Gasteiger partial charge in [0.1, 0.15) is 24.2 Å². The van der Waals surface area contributed by atoms with Gasteiger partial charge < -0.3 is 63.9 Å². The molecule has 3 aliphatic carbocycles. The molecule has 0 radical (unpaired) electrons. The second-order valence-corrected chi connectivity index (χ2v) is 18.0. The molecule has 14 N–H and O–H groups in total. The summed E-state index contributed by atoms with van der Waals surface area (Å²) < 4.78 is 12.5. The summed E-state index contributed by atoms with van der Waals surface area (Å²) in [4.78, 5) is 79.0. The van der Waals surface area contributed by atoms with Gasteiger partial charge in [-0.15, -0.1) is 0 Å². The maximum Gasteiger partial charge on any atom is 0.497 e. The summed E-state index contributed by atoms with van der Waals surface area (Å²) in [6.45, 7) is 10.1. The van der Waals surface area contributed by atoms with Crippen molar-refractivity contribution in [3.05, 3.63) is 59.7 Å². The topological polar surface area (TPSA) is 305 Å². The van der Waals surface area contributed by atoms with Crippen LogP contribution in [0.3, 0.4) is 0 Å². The number of primary amides is 1. The average Bonchev–Trinajstić information content (AvgIpc) is 3.61. The van der Waals surface area contributed by atoms with Crippen molar-refractivity contribution in [2.75, 3.05) is 6.54 Å². The first-order chi connectivity index (χ1) is 29.8. The molecule has 2 unspecified atom stereocenters. The van der Waals surface area contributed by atoms with Crippen LogP contribution < -0.4 is 49.5 Å². The minimum Gasteiger partial charge on any atom is -0.403 e. The molecule has 4 aliphatic rings. The normalized spacial score (nSPS) is 23.6. The molecule has 63 heavy (non-hydrogen) atoms. The number of nitrogens with one attached hydrogen (secondary N) is 5. The summed E-state index contributed by atoms with van der Waals surface area (Å²) in [6, 6.07) is 9.71. The van der Waals surface area contributed by atoms with Crippen LogP contribution in [-0.4, -0.2) is 102 Å². The van der Waals surface area contributed by atoms with E-state index in [2.05, 4.69) is 59.5 Å². The lowest BCUT2D eigenvalue weighted by Crippen LogP contribution is -2.65. The molecule has 2 bridgehead atoms. The van der Waals surface area contributed by atoms with Crippen LogP contribution >= 0.6 is 0 Å². The van der Waals surface area contributed by atoms with E-state index in [1.54, 1.807) is 12.1 Å². The Morgan fingerprint density at radius 3 is 2.03 bits per heavy atom. The number of rotatable bonds is 22. The highest BCUT2D eigenvalue weighted by Crippen LogP contribution is 2.65. The highest BCUT2D eigenvalue weighted by Gasteiger charge is 2.68. The Morgan fingerprint density at radius 1 is 0.810 bits per heavy atom. The molecule has 2 aromatic carbocycles. The van der Waals surface area contributed by atoms with Crippen LogP contribution in [-0.2, 0) is 39.7 Å². The van der Waals surface area contributed by atoms with Crippen molar-refractivity contribution >= 4 is 42.6 Å². The maximum absolute atomic E-state index is 13.6. The molecule has 1 saturated heterocycles. The van der Waals surface area contributed by atoms with Gasteiger partial charge in [-0.05, 0) is 111 Å². The number of nitrogens with two attached hydrogens (primary N) is 4. The number of carbonyl (C=O) groups excluding carboxylic acids is 6. The van der Waals surface area contributed by atoms with Crippen LogP contribution in [0.5, 0.6) is 0 Å². The van der Waals surface area contributed by atoms with Crippen LogP contribution in [0.15, 0.2) is 48.5 Å². The lowest BCUT2D eigenvalue weighted by molar-refractivity contribution is -0.199. The molecular formula is C44H66BN9O9. The Morgan fingerprint density at radius 2 is 1.44 bits per heavy atom. The molecule has 4 fully saturated rings. The molecule has 0 spiro atoms. The number of amides is 6. The fraction of sp³-hybridized carbons (Fsp3) is 0.591. The van der Waals surface area contributed by atoms with Gasteiger partial charge in [-0.2, -0.15) is 0 Å². The summed E-state index contributed by atoms with van der Waals surface area (Å²) in [5.41, 5.74) is 26.3. The number of benzene rings is 2. The van der Waals surface area contributed by atoms with Gasteiger partial charge >= 0.3 is 7.12 Å². The van der Waals surface area contributed by atoms with Crippen LogP contribution in [0, 0.1) is 17.3 Å². The molecule has 0 aromatic heterocycles. The molecule has 2 aromatic rings. The number of aryl methyl sites for hydroxylation is 1. The van der Waals surface area contributed by atoms with Gasteiger partial charge in [0, 0.05) is 5.56 Å². The number of aliphatic hydroxyl groups is 1. The Hall–Kier alpha value is -4.92. The molecule has 19 heteroatoms. The SMILES string of the molecule is CCCCc1ccc(-c2ccc(C(=O)N[C@@H](CCCCN)C(=O)N[C@H](C(=O)N[C@@H](N)C(=O)NC(CC(N)=O)C(=O)N[C@@H](N)B3OC4C[C@@H]5C[C@@H](C5(C)C)[C@]4(C)O3)[C@@H](C)O)cc2)cc1. The Balaban J connectivity index is 1.16. The molecule has 6 amide bonds. The molecule has 344 valence electrons. The van der Waals surface area contributed by atoms with Gasteiger partial charge in [0.25, 0.3) is 11.8 Å². The summed E-state index contributed by atoms with van der Waals surface area (Å²) >= 11 is 0. The number of carbonyl (C=O) groups is 6. The first-order valence-corrected chi connectivity index (χ1v) is 22.0. The van der Waals surface area contributed by atoms with E-state index in [4.69, 9.17) is 32.2 Å². The standard InChI is InChI=1S/C44H66BN9O9/c1-6-7-10-25-12-14-26(15-13-25)27-16-18-28(19-17-27)37(57)50-30(11-8-9-20-46)38(58)52-35(24(2)55)40(60)53-36(48)41(61)51-31(23-34(47)56)39(59)54-42(49)45-62-33-22-29-21-32(43(29,3)4)44(33,5)63-45/h12-19,24,29-33,35-36,42,55H,6-11,20-23,46,48-49H2,1-5H3,(H2,47,56)(H,50,57)(H,51,61)(H,52,58)(H,53,60)(H,54,59)/t24-,29+,30+,31?,32+,33?,35+,36-,42-,44+/m1/s1. The predicted octanol–water partition coefficient (Wildman–Crippen LogP) is 0.219. The lowest BCUT2D eigenvalue weighted by Gasteiger charge is -2.64. The van der Waals surface area contributed by atoms with Crippen molar-refractivity contribution in [1.82, 2.24) is 26.6 Å². The third-order valence-electron chi connectivity index (χ3n) is 13.1. The van der Waals surface area contributed by atoms with Crippen molar-refractivity contribution < 1.29 is 43.2 Å². The van der Waals surface area contributed by atoms with Gasteiger partial charge in [0.05, 0.1) is 24.2 Å². The molecule has 3 saturated carbocycles. The molecule has 18 nitrogen and oxygen atoms in total. The van der Waals surface area contributed by atoms with Crippen molar-refractivity contribution in [3.63, 3.8) is 0 Å². The summed E-state index contributed by atoms with van der Waals surface area (Å²) in [6.07, 6.45) is 2.04. The first kappa shape index (κ1) is 49.1. The maximum atomic E-state index is 13.6. The second-order valence-electron chi connectivity index (χ2n) is 18.0. The smallest absolute Gasteiger partial charge is 0.403 e. The molecule has 1 aliphatic heterocycles. The predicted molar refractivity (Wildman–Crippen MR) is 236 cm³/mol. The fourth-order valence-corrected chi connectivity index (χ4v) is 9.09. The number of aliphatic hydroxyl groups excluding tert-OH is 1. The van der Waals surface area contributed by atoms with Crippen molar-refractivity contribution in [2.24, 2.45) is 40.2 Å². The summed E-state index contributed by atoms with van der Waals surface area (Å²) in [5.74, 6) is -4.55. The Bertz CT molecular complexity index is 1950. The van der Waals surface area contributed by atoms with E-state index in [9.17, 15) is 33.9 Å². The Kier molecular flexibility index (Phi) is 16.5. The van der Waals surface area contributed by atoms with Crippen LogP contribution in [0.25, 0.3) is 11.1 Å². The molecule has 6 rings (SSSR count).